The minimum atomic E-state index is 0.605. The van der Waals surface area contributed by atoms with Gasteiger partial charge in [-0.1, -0.05) is 110 Å². The summed E-state index contributed by atoms with van der Waals surface area (Å²) >= 11 is 0. The van der Waals surface area contributed by atoms with Gasteiger partial charge in [-0.15, -0.1) is 0 Å². The number of hydrogen-bond donors (Lipinski definition) is 0. The second-order valence-corrected chi connectivity index (χ2v) is 19.1. The highest BCUT2D eigenvalue weighted by molar-refractivity contribution is 6.42. The van der Waals surface area contributed by atoms with Crippen molar-refractivity contribution in [3.63, 3.8) is 0 Å². The van der Waals surface area contributed by atoms with Crippen LogP contribution < -0.4 is 0 Å². The first-order chi connectivity index (χ1) is 27.6. The standard InChI is InChI=1S/C56H46/c1-29-9-7-10-30(2)48(29)41-21-22-42-51-46(27-33-11-3-4-12-36(33)50(41)51)56-54(42)53(43-25-31-17-19-34(43)23-31)47-28-45-38-14-6-5-13-37(38)39-15-8-16-40(49(39)45)52(47)55(56)44-26-32-18-20-35(44)24-32/h3-16,21-22,27-28,31-32,34-35,43-44H,17-20,23-26H2,1-2H3. The number of aryl methyl sites for hydroxylation is 2. The molecule has 4 bridgehead atoms. The van der Waals surface area contributed by atoms with Gasteiger partial charge in [0, 0.05) is 0 Å². The van der Waals surface area contributed by atoms with Crippen LogP contribution >= 0.6 is 0 Å². The third kappa shape index (κ3) is 3.78. The summed E-state index contributed by atoms with van der Waals surface area (Å²) in [5.74, 6) is 4.54. The van der Waals surface area contributed by atoms with Crippen molar-refractivity contribution in [3.8, 4) is 11.1 Å². The number of hydrogen-bond acceptors (Lipinski definition) is 0. The molecule has 10 aromatic carbocycles. The highest BCUT2D eigenvalue weighted by Gasteiger charge is 2.45. The zero-order valence-corrected chi connectivity index (χ0v) is 32.5. The predicted molar refractivity (Wildman–Crippen MR) is 240 cm³/mol. The Balaban J connectivity index is 1.27. The monoisotopic (exact) mass is 718 g/mol. The zero-order chi connectivity index (χ0) is 36.6. The summed E-state index contributed by atoms with van der Waals surface area (Å²) in [5, 5.41) is 24.0. The molecule has 56 heavy (non-hydrogen) atoms. The molecule has 4 aliphatic carbocycles. The predicted octanol–water partition coefficient (Wildman–Crippen LogP) is 15.9. The van der Waals surface area contributed by atoms with E-state index in [-0.39, 0.29) is 0 Å². The molecule has 10 aromatic rings. The summed E-state index contributed by atoms with van der Waals surface area (Å²) < 4.78 is 0. The maximum atomic E-state index is 2.74. The third-order valence-corrected chi connectivity index (χ3v) is 16.5. The van der Waals surface area contributed by atoms with Crippen LogP contribution in [0.25, 0.3) is 97.3 Å². The van der Waals surface area contributed by atoms with Crippen LogP contribution in [0.3, 0.4) is 0 Å². The van der Waals surface area contributed by atoms with Crippen molar-refractivity contribution in [2.75, 3.05) is 0 Å². The topological polar surface area (TPSA) is 0 Å². The Bertz CT molecular complexity index is 3300. The normalized spacial score (nSPS) is 24.8. The molecule has 0 saturated heterocycles. The minimum absolute atomic E-state index is 0.605. The fraction of sp³-hybridized carbons (Fsp3) is 0.286. The van der Waals surface area contributed by atoms with Gasteiger partial charge in [-0.3, -0.25) is 0 Å². The van der Waals surface area contributed by atoms with Crippen LogP contribution in [0.5, 0.6) is 0 Å². The van der Waals surface area contributed by atoms with Crippen molar-refractivity contribution in [1.29, 1.82) is 0 Å². The molecule has 0 N–H and O–H groups in total. The lowest BCUT2D eigenvalue weighted by Gasteiger charge is -2.30. The van der Waals surface area contributed by atoms with Gasteiger partial charge in [-0.25, -0.2) is 0 Å². The molecule has 0 spiro atoms. The van der Waals surface area contributed by atoms with Crippen LogP contribution in [0.4, 0.5) is 0 Å². The van der Waals surface area contributed by atoms with E-state index in [4.69, 9.17) is 0 Å². The highest BCUT2D eigenvalue weighted by Crippen LogP contribution is 2.63. The van der Waals surface area contributed by atoms with Crippen LogP contribution in [0.15, 0.2) is 109 Å². The van der Waals surface area contributed by atoms with Crippen LogP contribution in [0.2, 0.25) is 0 Å². The fourth-order valence-electron chi connectivity index (χ4n) is 14.5. The summed E-state index contributed by atoms with van der Waals surface area (Å²) in [6, 6.07) is 43.3. The Hall–Kier alpha value is -5.20. The molecule has 0 aliphatic heterocycles. The van der Waals surface area contributed by atoms with Crippen LogP contribution in [-0.2, 0) is 0 Å². The van der Waals surface area contributed by atoms with Crippen molar-refractivity contribution in [3.05, 3.63) is 131 Å². The van der Waals surface area contributed by atoms with Crippen LogP contribution in [0, 0.1) is 37.5 Å². The van der Waals surface area contributed by atoms with Gasteiger partial charge in [0.05, 0.1) is 0 Å². The van der Waals surface area contributed by atoms with E-state index in [1.54, 1.807) is 32.7 Å². The smallest absolute Gasteiger partial charge is 0.00134 e. The van der Waals surface area contributed by atoms with E-state index >= 15 is 0 Å². The molecule has 4 saturated carbocycles. The van der Waals surface area contributed by atoms with Crippen LogP contribution in [-0.4, -0.2) is 0 Å². The van der Waals surface area contributed by atoms with Gasteiger partial charge in [-0.05, 0) is 220 Å². The van der Waals surface area contributed by atoms with Crippen LogP contribution in [0.1, 0.15) is 85.5 Å². The van der Waals surface area contributed by atoms with Crippen molar-refractivity contribution in [1.82, 2.24) is 0 Å². The Morgan fingerprint density at radius 2 is 0.982 bits per heavy atom. The summed E-state index contributed by atoms with van der Waals surface area (Å²) in [7, 11) is 0. The highest BCUT2D eigenvalue weighted by atomic mass is 14.5. The van der Waals surface area contributed by atoms with Gasteiger partial charge in [-0.2, -0.15) is 0 Å². The van der Waals surface area contributed by atoms with Crippen molar-refractivity contribution in [2.45, 2.75) is 77.0 Å². The van der Waals surface area contributed by atoms with E-state index in [0.717, 1.165) is 23.7 Å². The quantitative estimate of drug-likeness (QED) is 0.160. The van der Waals surface area contributed by atoms with Gasteiger partial charge in [0.15, 0.2) is 0 Å². The maximum Gasteiger partial charge on any atom is -0.00134 e. The minimum Gasteiger partial charge on any atom is -0.0617 e. The lowest BCUT2D eigenvalue weighted by atomic mass is 9.73. The van der Waals surface area contributed by atoms with Crippen molar-refractivity contribution < 1.29 is 0 Å². The van der Waals surface area contributed by atoms with E-state index in [0.29, 0.717) is 11.8 Å². The van der Waals surface area contributed by atoms with E-state index in [2.05, 4.69) is 123 Å². The van der Waals surface area contributed by atoms with Gasteiger partial charge in [0.1, 0.15) is 0 Å². The Kier molecular flexibility index (Phi) is 5.97. The average Bonchev–Trinajstić information content (AvgIpc) is 4.10. The Morgan fingerprint density at radius 3 is 1.70 bits per heavy atom. The summed E-state index contributed by atoms with van der Waals surface area (Å²) in [6.45, 7) is 4.63. The van der Waals surface area contributed by atoms with E-state index in [9.17, 15) is 0 Å². The summed E-state index contributed by atoms with van der Waals surface area (Å²) in [4.78, 5) is 0. The maximum absolute atomic E-state index is 2.74. The summed E-state index contributed by atoms with van der Waals surface area (Å²) in [6.07, 6.45) is 11.2. The van der Waals surface area contributed by atoms with Crippen molar-refractivity contribution in [2.24, 2.45) is 23.7 Å². The van der Waals surface area contributed by atoms with Gasteiger partial charge in [0.25, 0.3) is 0 Å². The molecule has 4 fully saturated rings. The average molecular weight is 719 g/mol. The molecular weight excluding hydrogens is 673 g/mol. The molecule has 270 valence electrons. The number of benzene rings is 8. The first kappa shape index (κ1) is 31.0. The molecule has 14 rings (SSSR count). The molecule has 0 heteroatoms. The fourth-order valence-corrected chi connectivity index (χ4v) is 14.5. The van der Waals surface area contributed by atoms with Gasteiger partial charge >= 0.3 is 0 Å². The van der Waals surface area contributed by atoms with Gasteiger partial charge in [0.2, 0.25) is 0 Å². The lowest BCUT2D eigenvalue weighted by Crippen LogP contribution is -2.13. The Labute approximate surface area is 328 Å². The molecule has 0 heterocycles. The first-order valence-electron chi connectivity index (χ1n) is 21.9. The molecule has 0 aromatic heterocycles. The molecule has 0 amide bonds. The molecule has 6 unspecified atom stereocenters. The van der Waals surface area contributed by atoms with Crippen molar-refractivity contribution >= 4 is 86.2 Å². The van der Waals surface area contributed by atoms with E-state index in [1.807, 2.05) is 0 Å². The third-order valence-electron chi connectivity index (χ3n) is 16.5. The molecule has 0 radical (unpaired) electrons. The second-order valence-electron chi connectivity index (χ2n) is 19.1. The largest absolute Gasteiger partial charge is 0.0617 e. The molecular formula is C56H46. The Morgan fingerprint density at radius 1 is 0.375 bits per heavy atom. The second kappa shape index (κ2) is 10.8. The zero-order valence-electron chi connectivity index (χ0n) is 32.5. The molecule has 0 nitrogen and oxygen atoms in total. The van der Waals surface area contributed by atoms with E-state index in [1.165, 1.54) is 138 Å². The lowest BCUT2D eigenvalue weighted by molar-refractivity contribution is 0.421. The molecule has 4 aliphatic rings. The van der Waals surface area contributed by atoms with Gasteiger partial charge < -0.3 is 0 Å². The summed E-state index contributed by atoms with van der Waals surface area (Å²) in [5.41, 5.74) is 8.98. The number of rotatable bonds is 3. The SMILES string of the molecule is Cc1cccc(C)c1-c1ccc2c3c(C4CC5CCC4C5)c4cc5c6ccccc6c6cccc(c4c(C4CC7CCC4C7)c3c3cc4ccccc4c1c23)c65. The first-order valence-corrected chi connectivity index (χ1v) is 21.9. The molecule has 6 atom stereocenters. The number of fused-ring (bicyclic) bond motifs is 14. The van der Waals surface area contributed by atoms with E-state index < -0.39 is 0 Å².